The van der Waals surface area contributed by atoms with Gasteiger partial charge in [-0.15, -0.1) is 0 Å². The lowest BCUT2D eigenvalue weighted by atomic mass is 10.2. The van der Waals surface area contributed by atoms with Gasteiger partial charge in [0.25, 0.3) is 5.91 Å². The van der Waals surface area contributed by atoms with Crippen LogP contribution < -0.4 is 10.0 Å². The van der Waals surface area contributed by atoms with Crippen LogP contribution in [0.1, 0.15) is 15.9 Å². The number of fused-ring (bicyclic) bond motifs is 1. The molecule has 0 radical (unpaired) electrons. The quantitative estimate of drug-likeness (QED) is 0.523. The first-order chi connectivity index (χ1) is 12.3. The highest BCUT2D eigenvalue weighted by atomic mass is 127. The highest BCUT2D eigenvalue weighted by Crippen LogP contribution is 2.30. The van der Waals surface area contributed by atoms with Gasteiger partial charge in [0.1, 0.15) is 0 Å². The maximum absolute atomic E-state index is 12.4. The summed E-state index contributed by atoms with van der Waals surface area (Å²) >= 11 is 2.02. The number of hydrogen-bond donors (Lipinski definition) is 1. The van der Waals surface area contributed by atoms with Crippen LogP contribution in [0.25, 0.3) is 0 Å². The van der Waals surface area contributed by atoms with Crippen LogP contribution in [-0.2, 0) is 26.0 Å². The van der Waals surface area contributed by atoms with Crippen molar-refractivity contribution >= 4 is 50.2 Å². The van der Waals surface area contributed by atoms with E-state index >= 15 is 0 Å². The average Bonchev–Trinajstić information content (AvgIpc) is 3.02. The largest absolute Gasteiger partial charge is 0.452 e. The third-order valence-electron chi connectivity index (χ3n) is 4.00. The lowest BCUT2D eigenvalue weighted by Crippen LogP contribution is -2.33. The molecule has 2 aromatic carbocycles. The molecule has 26 heavy (non-hydrogen) atoms. The lowest BCUT2D eigenvalue weighted by molar-refractivity contribution is -0.121. The Kier molecular flexibility index (Phi) is 5.30. The van der Waals surface area contributed by atoms with E-state index in [1.165, 1.54) is 17.0 Å². The first kappa shape index (κ1) is 18.8. The molecule has 1 heterocycles. The van der Waals surface area contributed by atoms with Gasteiger partial charge in [0.2, 0.25) is 10.0 Å². The number of nitrogens with two attached hydrogens (primary N) is 1. The first-order valence-electron chi connectivity index (χ1n) is 7.65. The number of halogens is 1. The van der Waals surface area contributed by atoms with Gasteiger partial charge < -0.3 is 9.64 Å². The number of primary sulfonamides is 1. The minimum absolute atomic E-state index is 0.00984. The number of carbonyl (C=O) groups is 2. The molecular formula is C17H15IN2O5S. The monoisotopic (exact) mass is 486 g/mol. The number of esters is 1. The predicted octanol–water partition coefficient (Wildman–Crippen LogP) is 1.68. The van der Waals surface area contributed by atoms with Gasteiger partial charge in [-0.25, -0.2) is 18.4 Å². The zero-order valence-corrected chi connectivity index (χ0v) is 16.5. The number of nitrogens with zero attached hydrogens (tertiary/aromatic N) is 1. The van der Waals surface area contributed by atoms with Crippen molar-refractivity contribution in [2.75, 3.05) is 18.1 Å². The molecule has 0 aliphatic carbocycles. The third kappa shape index (κ3) is 3.89. The van der Waals surface area contributed by atoms with E-state index in [4.69, 9.17) is 9.88 Å². The Hall–Kier alpha value is -1.98. The maximum Gasteiger partial charge on any atom is 0.339 e. The number of hydrogen-bond acceptors (Lipinski definition) is 5. The smallest absolute Gasteiger partial charge is 0.339 e. The molecule has 7 nitrogen and oxygen atoms in total. The van der Waals surface area contributed by atoms with E-state index in [1.807, 2.05) is 22.6 Å². The molecule has 2 aromatic rings. The van der Waals surface area contributed by atoms with Gasteiger partial charge in [-0.3, -0.25) is 4.79 Å². The third-order valence-corrected chi connectivity index (χ3v) is 5.85. The van der Waals surface area contributed by atoms with Crippen molar-refractivity contribution in [2.24, 2.45) is 5.14 Å². The molecule has 0 saturated heterocycles. The van der Waals surface area contributed by atoms with E-state index in [0.29, 0.717) is 29.8 Å². The topological polar surface area (TPSA) is 107 Å². The van der Waals surface area contributed by atoms with Crippen LogP contribution in [-0.4, -0.2) is 33.4 Å². The molecule has 0 aromatic heterocycles. The number of amides is 1. The number of ether oxygens (including phenoxy) is 1. The molecule has 0 fully saturated rings. The maximum atomic E-state index is 12.4. The summed E-state index contributed by atoms with van der Waals surface area (Å²) in [4.78, 5) is 26.0. The molecule has 3 rings (SSSR count). The van der Waals surface area contributed by atoms with Crippen molar-refractivity contribution in [2.45, 2.75) is 11.3 Å². The summed E-state index contributed by atoms with van der Waals surface area (Å²) in [7, 11) is -3.79. The predicted molar refractivity (Wildman–Crippen MR) is 103 cm³/mol. The molecule has 9 heteroatoms. The number of rotatable bonds is 4. The average molecular weight is 486 g/mol. The van der Waals surface area contributed by atoms with Crippen molar-refractivity contribution in [1.29, 1.82) is 0 Å². The minimum atomic E-state index is -3.79. The standard InChI is InChI=1S/C17H15IN2O5S/c18-14-4-2-1-3-13(14)17(22)25-10-16(21)20-8-7-11-9-12(26(19,23)24)5-6-15(11)20/h1-6,9H,7-8,10H2,(H2,19,23,24). The second kappa shape index (κ2) is 7.33. The summed E-state index contributed by atoms with van der Waals surface area (Å²) in [6.45, 7) is 0.00282. The highest BCUT2D eigenvalue weighted by Gasteiger charge is 2.27. The van der Waals surface area contributed by atoms with Crippen LogP contribution in [0.3, 0.4) is 0 Å². The fourth-order valence-electron chi connectivity index (χ4n) is 2.72. The van der Waals surface area contributed by atoms with Crippen LogP contribution in [0.15, 0.2) is 47.4 Å². The molecule has 1 aliphatic heterocycles. The van der Waals surface area contributed by atoms with Crippen LogP contribution in [0, 0.1) is 3.57 Å². The highest BCUT2D eigenvalue weighted by molar-refractivity contribution is 14.1. The van der Waals surface area contributed by atoms with Crippen LogP contribution in [0.4, 0.5) is 5.69 Å². The van der Waals surface area contributed by atoms with Gasteiger partial charge in [-0.2, -0.15) is 0 Å². The van der Waals surface area contributed by atoms with E-state index in [2.05, 4.69) is 0 Å². The van der Waals surface area contributed by atoms with E-state index in [-0.39, 0.29) is 17.4 Å². The Morgan fingerprint density at radius 1 is 1.19 bits per heavy atom. The molecule has 0 atom stereocenters. The number of carbonyl (C=O) groups excluding carboxylic acids is 2. The van der Waals surface area contributed by atoms with Gasteiger partial charge in [0, 0.05) is 15.8 Å². The summed E-state index contributed by atoms with van der Waals surface area (Å²) in [6, 6.07) is 11.3. The minimum Gasteiger partial charge on any atom is -0.452 e. The summed E-state index contributed by atoms with van der Waals surface area (Å²) in [5, 5.41) is 5.13. The van der Waals surface area contributed by atoms with Crippen LogP contribution in [0.2, 0.25) is 0 Å². The van der Waals surface area contributed by atoms with Crippen molar-refractivity contribution in [3.05, 3.63) is 57.2 Å². The fourth-order valence-corrected chi connectivity index (χ4v) is 3.90. The molecule has 1 aliphatic rings. The molecule has 1 amide bonds. The molecular weight excluding hydrogens is 471 g/mol. The molecule has 136 valence electrons. The Bertz CT molecular complexity index is 990. The number of sulfonamides is 1. The van der Waals surface area contributed by atoms with Crippen molar-refractivity contribution < 1.29 is 22.7 Å². The normalized spacial score (nSPS) is 13.4. The zero-order valence-electron chi connectivity index (χ0n) is 13.5. The van der Waals surface area contributed by atoms with Gasteiger partial charge >= 0.3 is 5.97 Å². The van der Waals surface area contributed by atoms with Gasteiger partial charge in [0.05, 0.1) is 10.5 Å². The second-order valence-corrected chi connectivity index (χ2v) is 8.41. The molecule has 2 N–H and O–H groups in total. The second-order valence-electron chi connectivity index (χ2n) is 5.69. The Balaban J connectivity index is 1.69. The summed E-state index contributed by atoms with van der Waals surface area (Å²) < 4.78 is 28.7. The summed E-state index contributed by atoms with van der Waals surface area (Å²) in [5.74, 6) is -0.932. The number of benzene rings is 2. The van der Waals surface area contributed by atoms with E-state index in [1.54, 1.807) is 30.3 Å². The zero-order chi connectivity index (χ0) is 18.9. The molecule has 0 bridgehead atoms. The lowest BCUT2D eigenvalue weighted by Gasteiger charge is -2.17. The van der Waals surface area contributed by atoms with Gasteiger partial charge in [0.15, 0.2) is 6.61 Å². The summed E-state index contributed by atoms with van der Waals surface area (Å²) in [5.41, 5.74) is 1.72. The van der Waals surface area contributed by atoms with Crippen molar-refractivity contribution in [3.8, 4) is 0 Å². The number of anilines is 1. The van der Waals surface area contributed by atoms with Gasteiger partial charge in [-0.05, 0) is 64.9 Å². The van der Waals surface area contributed by atoms with E-state index in [9.17, 15) is 18.0 Å². The Morgan fingerprint density at radius 3 is 2.62 bits per heavy atom. The Morgan fingerprint density at radius 2 is 1.92 bits per heavy atom. The van der Waals surface area contributed by atoms with Crippen LogP contribution >= 0.6 is 22.6 Å². The molecule has 0 unspecified atom stereocenters. The fraction of sp³-hybridized carbons (Fsp3) is 0.176. The van der Waals surface area contributed by atoms with Gasteiger partial charge in [-0.1, -0.05) is 12.1 Å². The SMILES string of the molecule is NS(=O)(=O)c1ccc2c(c1)CCN2C(=O)COC(=O)c1ccccc1I. The van der Waals surface area contributed by atoms with E-state index < -0.39 is 16.0 Å². The first-order valence-corrected chi connectivity index (χ1v) is 10.3. The molecule has 0 saturated carbocycles. The van der Waals surface area contributed by atoms with E-state index in [0.717, 1.165) is 3.57 Å². The molecule has 0 spiro atoms. The van der Waals surface area contributed by atoms with Crippen molar-refractivity contribution in [3.63, 3.8) is 0 Å². The summed E-state index contributed by atoms with van der Waals surface area (Å²) in [6.07, 6.45) is 0.509. The van der Waals surface area contributed by atoms with Crippen molar-refractivity contribution in [1.82, 2.24) is 0 Å². The van der Waals surface area contributed by atoms with Crippen LogP contribution in [0.5, 0.6) is 0 Å². The Labute approximate surface area is 164 Å².